The predicted octanol–water partition coefficient (Wildman–Crippen LogP) is 5.60. The Kier molecular flexibility index (Phi) is 6.17. The van der Waals surface area contributed by atoms with E-state index in [2.05, 4.69) is 39.6 Å². The van der Waals surface area contributed by atoms with Gasteiger partial charge in [-0.05, 0) is 31.2 Å². The van der Waals surface area contributed by atoms with E-state index in [1.54, 1.807) is 0 Å². The molecule has 0 radical (unpaired) electrons. The highest BCUT2D eigenvalue weighted by atomic mass is 35.5. The summed E-state index contributed by atoms with van der Waals surface area (Å²) in [5, 5.41) is 15.6. The first-order chi connectivity index (χ1) is 14.5. The molecule has 4 aromatic rings. The molecule has 1 amide bonds. The topological polar surface area (TPSA) is 72.7 Å². The second-order valence-electron chi connectivity index (χ2n) is 6.60. The Morgan fingerprint density at radius 1 is 1.13 bits per heavy atom. The van der Waals surface area contributed by atoms with E-state index in [0.717, 1.165) is 27.9 Å². The number of hydrogen-bond acceptors (Lipinski definition) is 6. The van der Waals surface area contributed by atoms with Gasteiger partial charge in [-0.2, -0.15) is 0 Å². The standard InChI is InChI=1S/C21H18ClN5OS2/c1-13-3-5-15(6-4-13)19-25-26-21(27(19)18-9-7-16(22)8-10-18)30-12-17-11-29-20(24-17)23-14(2)28/h3-11H,12H2,1-2H3,(H,23,24,28). The highest BCUT2D eigenvalue weighted by molar-refractivity contribution is 7.98. The molecule has 2 aromatic heterocycles. The van der Waals surface area contributed by atoms with Gasteiger partial charge in [0.1, 0.15) is 0 Å². The quantitative estimate of drug-likeness (QED) is 0.383. The van der Waals surface area contributed by atoms with Crippen molar-refractivity contribution in [3.63, 3.8) is 0 Å². The van der Waals surface area contributed by atoms with Crippen molar-refractivity contribution >= 4 is 45.7 Å². The zero-order chi connectivity index (χ0) is 21.1. The lowest BCUT2D eigenvalue weighted by atomic mass is 10.1. The molecule has 9 heteroatoms. The number of nitrogens with zero attached hydrogens (tertiary/aromatic N) is 4. The fraction of sp³-hybridized carbons (Fsp3) is 0.143. The molecule has 0 saturated carbocycles. The molecule has 4 rings (SSSR count). The first-order valence-electron chi connectivity index (χ1n) is 9.13. The molecule has 0 bridgehead atoms. The number of amides is 1. The first-order valence-corrected chi connectivity index (χ1v) is 11.4. The van der Waals surface area contributed by atoms with Crippen molar-refractivity contribution in [2.45, 2.75) is 24.8 Å². The Balaban J connectivity index is 1.65. The SMILES string of the molecule is CC(=O)Nc1nc(CSc2nnc(-c3ccc(C)cc3)n2-c2ccc(Cl)cc2)cs1. The maximum absolute atomic E-state index is 11.2. The lowest BCUT2D eigenvalue weighted by molar-refractivity contribution is -0.114. The summed E-state index contributed by atoms with van der Waals surface area (Å²) in [5.74, 6) is 1.24. The average Bonchev–Trinajstić information content (AvgIpc) is 3.34. The Morgan fingerprint density at radius 3 is 2.57 bits per heavy atom. The first kappa shape index (κ1) is 20.6. The zero-order valence-corrected chi connectivity index (χ0v) is 18.7. The summed E-state index contributed by atoms with van der Waals surface area (Å²) < 4.78 is 2.02. The summed E-state index contributed by atoms with van der Waals surface area (Å²) in [6, 6.07) is 15.8. The number of benzene rings is 2. The van der Waals surface area contributed by atoms with Crippen molar-refractivity contribution in [1.29, 1.82) is 0 Å². The lowest BCUT2D eigenvalue weighted by Gasteiger charge is -2.10. The van der Waals surface area contributed by atoms with Gasteiger partial charge in [0.2, 0.25) is 5.91 Å². The molecular formula is C21H18ClN5OS2. The smallest absolute Gasteiger partial charge is 0.223 e. The zero-order valence-electron chi connectivity index (χ0n) is 16.3. The minimum atomic E-state index is -0.131. The minimum absolute atomic E-state index is 0.131. The molecule has 0 spiro atoms. The molecule has 0 fully saturated rings. The van der Waals surface area contributed by atoms with Crippen LogP contribution in [0.15, 0.2) is 59.1 Å². The number of aryl methyl sites for hydroxylation is 1. The van der Waals surface area contributed by atoms with Gasteiger partial charge in [-0.15, -0.1) is 21.5 Å². The molecule has 0 aliphatic carbocycles. The van der Waals surface area contributed by atoms with Crippen molar-refractivity contribution in [2.75, 3.05) is 5.32 Å². The van der Waals surface area contributed by atoms with Crippen molar-refractivity contribution in [2.24, 2.45) is 0 Å². The summed E-state index contributed by atoms with van der Waals surface area (Å²) in [4.78, 5) is 15.7. The third-order valence-corrected chi connectivity index (χ3v) is 6.23. The minimum Gasteiger partial charge on any atom is -0.302 e. The van der Waals surface area contributed by atoms with Gasteiger partial charge < -0.3 is 5.32 Å². The van der Waals surface area contributed by atoms with E-state index in [9.17, 15) is 4.79 Å². The second kappa shape index (κ2) is 8.99. The van der Waals surface area contributed by atoms with Gasteiger partial charge in [0.25, 0.3) is 0 Å². The van der Waals surface area contributed by atoms with Crippen LogP contribution in [0, 0.1) is 6.92 Å². The van der Waals surface area contributed by atoms with E-state index in [-0.39, 0.29) is 5.91 Å². The molecule has 152 valence electrons. The number of rotatable bonds is 6. The van der Waals surface area contributed by atoms with Crippen LogP contribution in [0.2, 0.25) is 5.02 Å². The number of hydrogen-bond donors (Lipinski definition) is 1. The van der Waals surface area contributed by atoms with Gasteiger partial charge in [-0.25, -0.2) is 4.98 Å². The Bertz CT molecular complexity index is 1170. The van der Waals surface area contributed by atoms with Crippen LogP contribution in [-0.2, 0) is 10.5 Å². The van der Waals surface area contributed by atoms with Crippen LogP contribution in [-0.4, -0.2) is 25.7 Å². The van der Waals surface area contributed by atoms with Gasteiger partial charge in [0.05, 0.1) is 5.69 Å². The number of carbonyl (C=O) groups is 1. The van der Waals surface area contributed by atoms with E-state index in [4.69, 9.17) is 11.6 Å². The van der Waals surface area contributed by atoms with Gasteiger partial charge in [-0.3, -0.25) is 9.36 Å². The summed E-state index contributed by atoms with van der Waals surface area (Å²) in [5.41, 5.74) is 3.97. The van der Waals surface area contributed by atoms with E-state index >= 15 is 0 Å². The molecule has 2 heterocycles. The maximum atomic E-state index is 11.2. The fourth-order valence-corrected chi connectivity index (χ4v) is 4.63. The van der Waals surface area contributed by atoms with Crippen molar-refractivity contribution in [1.82, 2.24) is 19.7 Å². The van der Waals surface area contributed by atoms with Crippen LogP contribution in [0.3, 0.4) is 0 Å². The van der Waals surface area contributed by atoms with Crippen molar-refractivity contribution in [3.05, 3.63) is 70.2 Å². The Morgan fingerprint density at radius 2 is 1.87 bits per heavy atom. The van der Waals surface area contributed by atoms with Crippen LogP contribution in [0.25, 0.3) is 17.1 Å². The summed E-state index contributed by atoms with van der Waals surface area (Å²) in [7, 11) is 0. The van der Waals surface area contributed by atoms with E-state index in [1.807, 2.05) is 46.3 Å². The van der Waals surface area contributed by atoms with Gasteiger partial charge in [0, 0.05) is 34.3 Å². The van der Waals surface area contributed by atoms with Gasteiger partial charge >= 0.3 is 0 Å². The normalized spacial score (nSPS) is 10.9. The molecule has 1 N–H and O–H groups in total. The van der Waals surface area contributed by atoms with Crippen LogP contribution >= 0.6 is 34.7 Å². The molecule has 6 nitrogen and oxygen atoms in total. The molecule has 0 aliphatic heterocycles. The molecule has 2 aromatic carbocycles. The number of thiazole rings is 1. The molecule has 0 unspecified atom stereocenters. The highest BCUT2D eigenvalue weighted by Crippen LogP contribution is 2.31. The van der Waals surface area contributed by atoms with E-state index < -0.39 is 0 Å². The average molecular weight is 456 g/mol. The lowest BCUT2D eigenvalue weighted by Crippen LogP contribution is -2.05. The number of aromatic nitrogens is 4. The van der Waals surface area contributed by atoms with Gasteiger partial charge in [-0.1, -0.05) is 53.2 Å². The largest absolute Gasteiger partial charge is 0.302 e. The van der Waals surface area contributed by atoms with Crippen LogP contribution in [0.1, 0.15) is 18.2 Å². The Labute approximate surface area is 187 Å². The number of thioether (sulfide) groups is 1. The van der Waals surface area contributed by atoms with E-state index in [0.29, 0.717) is 15.9 Å². The molecule has 0 aliphatic rings. The maximum Gasteiger partial charge on any atom is 0.223 e. The molecule has 0 saturated heterocycles. The third-order valence-electron chi connectivity index (χ3n) is 4.21. The monoisotopic (exact) mass is 455 g/mol. The van der Waals surface area contributed by atoms with Crippen LogP contribution < -0.4 is 5.32 Å². The molecule has 0 atom stereocenters. The van der Waals surface area contributed by atoms with Crippen LogP contribution in [0.4, 0.5) is 5.13 Å². The fourth-order valence-electron chi connectivity index (χ4n) is 2.80. The number of halogens is 1. The number of nitrogens with one attached hydrogen (secondary N) is 1. The number of anilines is 1. The predicted molar refractivity (Wildman–Crippen MR) is 123 cm³/mol. The Hall–Kier alpha value is -2.68. The molecular weight excluding hydrogens is 438 g/mol. The van der Waals surface area contributed by atoms with E-state index in [1.165, 1.54) is 35.6 Å². The number of carbonyl (C=O) groups excluding carboxylic acids is 1. The van der Waals surface area contributed by atoms with Crippen LogP contribution in [0.5, 0.6) is 0 Å². The highest BCUT2D eigenvalue weighted by Gasteiger charge is 2.17. The summed E-state index contributed by atoms with van der Waals surface area (Å²) in [6.07, 6.45) is 0. The van der Waals surface area contributed by atoms with Gasteiger partial charge in [0.15, 0.2) is 16.1 Å². The third kappa shape index (κ3) is 4.72. The summed E-state index contributed by atoms with van der Waals surface area (Å²) >= 11 is 9.03. The summed E-state index contributed by atoms with van der Waals surface area (Å²) in [6.45, 7) is 3.52. The molecule has 30 heavy (non-hydrogen) atoms. The second-order valence-corrected chi connectivity index (χ2v) is 8.83. The van der Waals surface area contributed by atoms with Crippen molar-refractivity contribution < 1.29 is 4.79 Å². The van der Waals surface area contributed by atoms with Crippen molar-refractivity contribution in [3.8, 4) is 17.1 Å².